The molecule has 2 aliphatic heterocycles. The summed E-state index contributed by atoms with van der Waals surface area (Å²) in [4.78, 5) is 31.4. The molecule has 3 heterocycles. The highest BCUT2D eigenvalue weighted by Gasteiger charge is 2.48. The van der Waals surface area contributed by atoms with E-state index in [1.807, 2.05) is 57.9 Å². The normalized spacial score (nSPS) is 23.4. The maximum absolute atomic E-state index is 12.8. The van der Waals surface area contributed by atoms with E-state index in [9.17, 15) is 9.59 Å². The van der Waals surface area contributed by atoms with Gasteiger partial charge in [0.2, 0.25) is 11.8 Å². The minimum absolute atomic E-state index is 0.131. The number of amides is 2. The molecule has 2 amide bonds. The number of benzene rings is 1. The van der Waals surface area contributed by atoms with Gasteiger partial charge in [-0.15, -0.1) is 0 Å². The van der Waals surface area contributed by atoms with Crippen LogP contribution in [-0.4, -0.2) is 60.4 Å². The van der Waals surface area contributed by atoms with Gasteiger partial charge >= 0.3 is 0 Å². The van der Waals surface area contributed by atoms with Crippen molar-refractivity contribution in [2.45, 2.75) is 25.3 Å². The van der Waals surface area contributed by atoms with Gasteiger partial charge < -0.3 is 9.80 Å². The van der Waals surface area contributed by atoms with E-state index in [0.29, 0.717) is 26.1 Å². The quantitative estimate of drug-likeness (QED) is 0.818. The minimum atomic E-state index is -0.154. The van der Waals surface area contributed by atoms with Crippen molar-refractivity contribution in [3.8, 4) is 0 Å². The third-order valence-electron chi connectivity index (χ3n) is 5.91. The Bertz CT molecular complexity index is 834. The number of piperazine rings is 1. The fraction of sp³-hybridized carbons (Fsp3) is 0.429. The molecular formula is C21H25N3O2S. The van der Waals surface area contributed by atoms with Gasteiger partial charge in [0.05, 0.1) is 24.2 Å². The number of nitrogens with zero attached hydrogens (tertiary/aromatic N) is 3. The van der Waals surface area contributed by atoms with E-state index in [1.165, 1.54) is 5.56 Å². The maximum atomic E-state index is 12.8. The van der Waals surface area contributed by atoms with Crippen LogP contribution in [0.15, 0.2) is 41.1 Å². The Morgan fingerprint density at radius 2 is 1.96 bits per heavy atom. The molecule has 2 fully saturated rings. The minimum Gasteiger partial charge on any atom is -0.340 e. The van der Waals surface area contributed by atoms with E-state index in [-0.39, 0.29) is 17.4 Å². The zero-order valence-electron chi connectivity index (χ0n) is 15.9. The second-order valence-corrected chi connectivity index (χ2v) is 8.55. The van der Waals surface area contributed by atoms with Crippen LogP contribution in [0.1, 0.15) is 17.5 Å². The summed E-state index contributed by atoms with van der Waals surface area (Å²) in [6.45, 7) is 4.53. The molecule has 6 heteroatoms. The van der Waals surface area contributed by atoms with Crippen molar-refractivity contribution in [2.24, 2.45) is 0 Å². The Morgan fingerprint density at radius 1 is 1.19 bits per heavy atom. The molecule has 0 bridgehead atoms. The molecule has 0 N–H and O–H groups in total. The average Bonchev–Trinajstić information content (AvgIpc) is 3.31. The number of likely N-dealkylation sites (N-methyl/N-ethyl adjacent to an activating group) is 1. The molecule has 27 heavy (non-hydrogen) atoms. The van der Waals surface area contributed by atoms with Gasteiger partial charge in [-0.2, -0.15) is 11.3 Å². The summed E-state index contributed by atoms with van der Waals surface area (Å²) in [5.41, 5.74) is 3.08. The number of carbonyl (C=O) groups excluding carboxylic acids is 2. The highest BCUT2D eigenvalue weighted by molar-refractivity contribution is 7.08. The molecule has 0 saturated carbocycles. The van der Waals surface area contributed by atoms with Crippen LogP contribution >= 0.6 is 11.3 Å². The Kier molecular flexibility index (Phi) is 4.78. The predicted octanol–water partition coefficient (Wildman–Crippen LogP) is 2.55. The predicted molar refractivity (Wildman–Crippen MR) is 108 cm³/mol. The summed E-state index contributed by atoms with van der Waals surface area (Å²) >= 11 is 1.60. The number of carbonyl (C=O) groups is 2. The topological polar surface area (TPSA) is 43.9 Å². The third-order valence-corrected chi connectivity index (χ3v) is 6.59. The van der Waals surface area contributed by atoms with E-state index in [0.717, 1.165) is 24.2 Å². The molecule has 4 rings (SSSR count). The number of hydrogen-bond acceptors (Lipinski definition) is 4. The lowest BCUT2D eigenvalue weighted by Crippen LogP contribution is -2.64. The lowest BCUT2D eigenvalue weighted by Gasteiger charge is -2.46. The second-order valence-electron chi connectivity index (χ2n) is 7.77. The zero-order chi connectivity index (χ0) is 19.0. The van der Waals surface area contributed by atoms with Gasteiger partial charge in [0.15, 0.2) is 0 Å². The van der Waals surface area contributed by atoms with Gasteiger partial charge in [-0.1, -0.05) is 29.8 Å². The van der Waals surface area contributed by atoms with Crippen LogP contribution in [0.4, 0.5) is 5.69 Å². The van der Waals surface area contributed by atoms with Gasteiger partial charge in [0, 0.05) is 25.0 Å². The van der Waals surface area contributed by atoms with E-state index in [1.54, 1.807) is 11.3 Å². The van der Waals surface area contributed by atoms with Crippen molar-refractivity contribution in [1.29, 1.82) is 0 Å². The number of aryl methyl sites for hydroxylation is 1. The molecule has 2 aliphatic rings. The van der Waals surface area contributed by atoms with Crippen LogP contribution < -0.4 is 4.90 Å². The summed E-state index contributed by atoms with van der Waals surface area (Å²) in [6, 6.07) is 10.2. The van der Waals surface area contributed by atoms with Gasteiger partial charge in [-0.25, -0.2) is 0 Å². The molecule has 142 valence electrons. The molecule has 2 aromatic rings. The first-order valence-electron chi connectivity index (χ1n) is 9.34. The van der Waals surface area contributed by atoms with Crippen LogP contribution in [0.2, 0.25) is 0 Å². The molecule has 1 atom stereocenters. The highest BCUT2D eigenvalue weighted by atomic mass is 32.1. The SMILES string of the molecule is Cc1ccc(CC(=O)N2CCC3(C2)CN(c2ccsc2)C(=O)CN3C)cc1. The van der Waals surface area contributed by atoms with Gasteiger partial charge in [-0.3, -0.25) is 14.5 Å². The van der Waals surface area contributed by atoms with Gasteiger partial charge in [0.1, 0.15) is 0 Å². The first-order valence-corrected chi connectivity index (χ1v) is 10.3. The lowest BCUT2D eigenvalue weighted by atomic mass is 9.93. The van der Waals surface area contributed by atoms with Crippen molar-refractivity contribution >= 4 is 28.8 Å². The Labute approximate surface area is 164 Å². The summed E-state index contributed by atoms with van der Waals surface area (Å²) < 4.78 is 0. The standard InChI is InChI=1S/C21H25N3O2S/c1-16-3-5-17(6-4-16)11-19(25)23-9-8-21(14-23)15-24(18-7-10-27-13-18)20(26)12-22(21)2/h3-7,10,13H,8-9,11-12,14-15H2,1-2H3. The van der Waals surface area contributed by atoms with E-state index < -0.39 is 0 Å². The average molecular weight is 384 g/mol. The second kappa shape index (κ2) is 7.09. The van der Waals surface area contributed by atoms with Gasteiger partial charge in [0.25, 0.3) is 0 Å². The maximum Gasteiger partial charge on any atom is 0.241 e. The van der Waals surface area contributed by atoms with Crippen LogP contribution in [-0.2, 0) is 16.0 Å². The third kappa shape index (κ3) is 3.51. The van der Waals surface area contributed by atoms with E-state index in [2.05, 4.69) is 11.8 Å². The Balaban J connectivity index is 1.47. The van der Waals surface area contributed by atoms with Crippen molar-refractivity contribution in [3.63, 3.8) is 0 Å². The Morgan fingerprint density at radius 3 is 2.67 bits per heavy atom. The number of rotatable bonds is 3. The molecule has 5 nitrogen and oxygen atoms in total. The first kappa shape index (κ1) is 18.2. The van der Waals surface area contributed by atoms with Gasteiger partial charge in [-0.05, 0) is 37.4 Å². The fourth-order valence-electron chi connectivity index (χ4n) is 4.11. The molecule has 1 unspecified atom stereocenters. The molecule has 1 spiro atoms. The molecular weight excluding hydrogens is 358 g/mol. The van der Waals surface area contributed by atoms with Crippen molar-refractivity contribution in [3.05, 3.63) is 52.2 Å². The molecule has 1 aromatic carbocycles. The summed E-state index contributed by atoms with van der Waals surface area (Å²) in [5.74, 6) is 0.300. The lowest BCUT2D eigenvalue weighted by molar-refractivity contribution is -0.130. The summed E-state index contributed by atoms with van der Waals surface area (Å²) in [7, 11) is 2.01. The van der Waals surface area contributed by atoms with E-state index >= 15 is 0 Å². The van der Waals surface area contributed by atoms with Crippen LogP contribution in [0, 0.1) is 6.92 Å². The van der Waals surface area contributed by atoms with E-state index in [4.69, 9.17) is 0 Å². The fourth-order valence-corrected chi connectivity index (χ4v) is 4.75. The number of thiophene rings is 1. The molecule has 2 saturated heterocycles. The zero-order valence-corrected chi connectivity index (χ0v) is 16.7. The summed E-state index contributed by atoms with van der Waals surface area (Å²) in [5, 5.41) is 4.02. The van der Waals surface area contributed by atoms with Crippen molar-refractivity contribution in [2.75, 3.05) is 38.1 Å². The largest absolute Gasteiger partial charge is 0.340 e. The number of likely N-dealkylation sites (tertiary alicyclic amines) is 1. The number of anilines is 1. The van der Waals surface area contributed by atoms with Crippen molar-refractivity contribution in [1.82, 2.24) is 9.80 Å². The summed E-state index contributed by atoms with van der Waals surface area (Å²) in [6.07, 6.45) is 1.34. The first-order chi connectivity index (χ1) is 13.0. The number of hydrogen-bond donors (Lipinski definition) is 0. The molecule has 0 aliphatic carbocycles. The Hall–Kier alpha value is -2.18. The van der Waals surface area contributed by atoms with Crippen LogP contribution in [0.25, 0.3) is 0 Å². The molecule has 0 radical (unpaired) electrons. The highest BCUT2D eigenvalue weighted by Crippen LogP contribution is 2.34. The monoisotopic (exact) mass is 383 g/mol. The van der Waals surface area contributed by atoms with Crippen LogP contribution in [0.3, 0.4) is 0 Å². The molecule has 1 aromatic heterocycles. The van der Waals surface area contributed by atoms with Crippen LogP contribution in [0.5, 0.6) is 0 Å². The smallest absolute Gasteiger partial charge is 0.241 e. The van der Waals surface area contributed by atoms with Crippen molar-refractivity contribution < 1.29 is 9.59 Å².